The molecule has 0 aliphatic carbocycles. The first kappa shape index (κ1) is 10.8. The topological polar surface area (TPSA) is 47.3 Å². The minimum Gasteiger partial charge on any atom is -0.495 e. The van der Waals surface area contributed by atoms with E-state index in [4.69, 9.17) is 10.5 Å². The molecule has 0 saturated heterocycles. The molecule has 0 fully saturated rings. The van der Waals surface area contributed by atoms with Crippen LogP contribution in [0.5, 0.6) is 5.75 Å². The van der Waals surface area contributed by atoms with Gasteiger partial charge in [-0.15, -0.1) is 0 Å². The van der Waals surface area contributed by atoms with Gasteiger partial charge in [-0.3, -0.25) is 0 Å². The number of anilines is 1. The van der Waals surface area contributed by atoms with Gasteiger partial charge in [-0.05, 0) is 17.7 Å². The van der Waals surface area contributed by atoms with Gasteiger partial charge in [0.25, 0.3) is 0 Å². The van der Waals surface area contributed by atoms with Crippen LogP contribution in [-0.2, 0) is 5.75 Å². The summed E-state index contributed by atoms with van der Waals surface area (Å²) in [5.41, 5.74) is 7.37. The number of benzene rings is 1. The van der Waals surface area contributed by atoms with Crippen molar-refractivity contribution in [3.63, 3.8) is 0 Å². The van der Waals surface area contributed by atoms with E-state index in [0.29, 0.717) is 11.6 Å². The van der Waals surface area contributed by atoms with E-state index < -0.39 is 0 Å². The van der Waals surface area contributed by atoms with E-state index >= 15 is 0 Å². The molecule has 1 aromatic carbocycles. The molecule has 3 nitrogen and oxygen atoms in total. The first-order chi connectivity index (χ1) is 6.67. The van der Waals surface area contributed by atoms with Gasteiger partial charge in [0.1, 0.15) is 5.75 Å². The zero-order valence-electron chi connectivity index (χ0n) is 8.08. The highest BCUT2D eigenvalue weighted by molar-refractivity contribution is 7.79. The number of rotatable bonds is 4. The van der Waals surface area contributed by atoms with Crippen molar-refractivity contribution in [2.24, 2.45) is 5.73 Å². The van der Waals surface area contributed by atoms with Crippen LogP contribution in [0.1, 0.15) is 5.56 Å². The smallest absolute Gasteiger partial charge is 0.142 e. The lowest BCUT2D eigenvalue weighted by Gasteiger charge is -2.11. The molecule has 0 aromatic heterocycles. The molecule has 3 N–H and O–H groups in total. The van der Waals surface area contributed by atoms with Crippen molar-refractivity contribution in [3.8, 4) is 5.75 Å². The van der Waals surface area contributed by atoms with Gasteiger partial charge in [-0.2, -0.15) is 12.6 Å². The minimum absolute atomic E-state index is 0.389. The molecule has 4 heteroatoms. The fourth-order valence-electron chi connectivity index (χ4n) is 1.12. The number of hydrogen-bond donors (Lipinski definition) is 3. The van der Waals surface area contributed by atoms with Gasteiger partial charge >= 0.3 is 0 Å². The molecule has 0 spiro atoms. The average Bonchev–Trinajstić information content (AvgIpc) is 2.16. The molecule has 14 heavy (non-hydrogen) atoms. The summed E-state index contributed by atoms with van der Waals surface area (Å²) in [6.07, 6.45) is 0. The Bertz CT molecular complexity index is 339. The predicted octanol–water partition coefficient (Wildman–Crippen LogP) is 1.97. The Morgan fingerprint density at radius 2 is 2.36 bits per heavy atom. The molecular weight excluding hydrogens is 196 g/mol. The largest absolute Gasteiger partial charge is 0.495 e. The summed E-state index contributed by atoms with van der Waals surface area (Å²) in [7, 11) is 1.61. The Balaban J connectivity index is 3.01. The lowest BCUT2D eigenvalue weighted by atomic mass is 10.2. The Morgan fingerprint density at radius 1 is 1.64 bits per heavy atom. The summed E-state index contributed by atoms with van der Waals surface area (Å²) in [4.78, 5) is 0. The van der Waals surface area contributed by atoms with Crippen molar-refractivity contribution >= 4 is 18.3 Å². The molecule has 0 unspecified atom stereocenters. The molecule has 0 atom stereocenters. The van der Waals surface area contributed by atoms with Crippen molar-refractivity contribution in [1.29, 1.82) is 0 Å². The summed E-state index contributed by atoms with van der Waals surface area (Å²) in [6, 6.07) is 5.76. The van der Waals surface area contributed by atoms with Crippen LogP contribution in [0.3, 0.4) is 0 Å². The van der Waals surface area contributed by atoms with Crippen molar-refractivity contribution in [1.82, 2.24) is 0 Å². The van der Waals surface area contributed by atoms with E-state index in [2.05, 4.69) is 24.5 Å². The van der Waals surface area contributed by atoms with E-state index in [1.165, 1.54) is 0 Å². The molecule has 0 radical (unpaired) electrons. The number of nitrogens with one attached hydrogen (secondary N) is 1. The van der Waals surface area contributed by atoms with Crippen LogP contribution in [0.25, 0.3) is 0 Å². The Morgan fingerprint density at radius 3 is 2.86 bits per heavy atom. The predicted molar refractivity (Wildman–Crippen MR) is 62.6 cm³/mol. The highest BCUT2D eigenvalue weighted by Gasteiger charge is 2.03. The van der Waals surface area contributed by atoms with Crippen molar-refractivity contribution in [2.75, 3.05) is 12.4 Å². The highest BCUT2D eigenvalue weighted by Crippen LogP contribution is 2.26. The highest BCUT2D eigenvalue weighted by atomic mass is 32.1. The third-order valence-electron chi connectivity index (χ3n) is 1.74. The van der Waals surface area contributed by atoms with Crippen LogP contribution < -0.4 is 15.8 Å². The van der Waals surface area contributed by atoms with Crippen LogP contribution in [0, 0.1) is 0 Å². The molecule has 0 heterocycles. The fourth-order valence-corrected chi connectivity index (χ4v) is 1.32. The molecular formula is C10H14N2OS. The van der Waals surface area contributed by atoms with Crippen LogP contribution in [0.2, 0.25) is 0 Å². The summed E-state index contributed by atoms with van der Waals surface area (Å²) < 4.78 is 5.16. The Labute approximate surface area is 89.4 Å². The minimum atomic E-state index is 0.389. The van der Waals surface area contributed by atoms with Gasteiger partial charge in [0.05, 0.1) is 18.6 Å². The molecule has 0 amide bonds. The van der Waals surface area contributed by atoms with Crippen LogP contribution in [0.4, 0.5) is 5.69 Å². The molecule has 1 aromatic rings. The van der Waals surface area contributed by atoms with Gasteiger partial charge in [-0.1, -0.05) is 12.6 Å². The normalized spacial score (nSPS) is 9.57. The lowest BCUT2D eigenvalue weighted by molar-refractivity contribution is 0.416. The van der Waals surface area contributed by atoms with Crippen LogP contribution >= 0.6 is 12.6 Å². The van der Waals surface area contributed by atoms with E-state index in [-0.39, 0.29) is 0 Å². The van der Waals surface area contributed by atoms with Crippen LogP contribution in [-0.4, -0.2) is 7.11 Å². The number of thiol groups is 1. The number of nitrogens with two attached hydrogens (primary N) is 1. The average molecular weight is 210 g/mol. The lowest BCUT2D eigenvalue weighted by Crippen LogP contribution is -2.08. The van der Waals surface area contributed by atoms with Gasteiger partial charge in [0, 0.05) is 5.75 Å². The second-order valence-corrected chi connectivity index (χ2v) is 3.16. The molecule has 1 rings (SSSR count). The van der Waals surface area contributed by atoms with E-state index in [9.17, 15) is 0 Å². The maximum Gasteiger partial charge on any atom is 0.142 e. The van der Waals surface area contributed by atoms with E-state index in [0.717, 1.165) is 17.0 Å². The van der Waals surface area contributed by atoms with Crippen molar-refractivity contribution in [3.05, 3.63) is 36.2 Å². The Hall–Kier alpha value is -1.29. The standard InChI is InChI=1S/C10H14N2OS/c1-7(11)12-9-5-8(6-14)3-4-10(9)13-2/h3-5,12,14H,1,6,11H2,2H3. The molecule has 0 bridgehead atoms. The first-order valence-corrected chi connectivity index (χ1v) is 4.79. The maximum atomic E-state index is 5.46. The second-order valence-electron chi connectivity index (χ2n) is 2.84. The monoisotopic (exact) mass is 210 g/mol. The third-order valence-corrected chi connectivity index (χ3v) is 2.11. The number of methoxy groups -OCH3 is 1. The number of hydrogen-bond acceptors (Lipinski definition) is 4. The zero-order chi connectivity index (χ0) is 10.6. The summed E-state index contributed by atoms with van der Waals surface area (Å²) in [5.74, 6) is 1.80. The Kier molecular flexibility index (Phi) is 3.71. The SMILES string of the molecule is C=C(N)Nc1cc(CS)ccc1OC. The maximum absolute atomic E-state index is 5.46. The summed E-state index contributed by atoms with van der Waals surface area (Å²) in [5, 5.41) is 2.92. The molecule has 0 aliphatic heterocycles. The number of ether oxygens (including phenoxy) is 1. The molecule has 0 saturated carbocycles. The second kappa shape index (κ2) is 4.81. The van der Waals surface area contributed by atoms with E-state index in [1.807, 2.05) is 18.2 Å². The van der Waals surface area contributed by atoms with Crippen molar-refractivity contribution in [2.45, 2.75) is 5.75 Å². The van der Waals surface area contributed by atoms with E-state index in [1.54, 1.807) is 7.11 Å². The molecule has 76 valence electrons. The van der Waals surface area contributed by atoms with Gasteiger partial charge in [-0.25, -0.2) is 0 Å². The zero-order valence-corrected chi connectivity index (χ0v) is 8.97. The quantitative estimate of drug-likeness (QED) is 0.666. The summed E-state index contributed by atoms with van der Waals surface area (Å²) >= 11 is 4.19. The van der Waals surface area contributed by atoms with Crippen LogP contribution in [0.15, 0.2) is 30.6 Å². The summed E-state index contributed by atoms with van der Waals surface area (Å²) in [6.45, 7) is 3.57. The third kappa shape index (κ3) is 2.60. The molecule has 0 aliphatic rings. The first-order valence-electron chi connectivity index (χ1n) is 4.16. The fraction of sp³-hybridized carbons (Fsp3) is 0.200. The van der Waals surface area contributed by atoms with Gasteiger partial charge in [0.2, 0.25) is 0 Å². The van der Waals surface area contributed by atoms with Gasteiger partial charge in [0.15, 0.2) is 0 Å². The van der Waals surface area contributed by atoms with Gasteiger partial charge < -0.3 is 15.8 Å². The van der Waals surface area contributed by atoms with Crippen molar-refractivity contribution < 1.29 is 4.74 Å².